The lowest BCUT2D eigenvalue weighted by molar-refractivity contribution is 0.305. The third-order valence-corrected chi connectivity index (χ3v) is 9.07. The van der Waals surface area contributed by atoms with Gasteiger partial charge in [0.1, 0.15) is 34.5 Å². The van der Waals surface area contributed by atoms with Crippen LogP contribution in [0.1, 0.15) is 0 Å². The van der Waals surface area contributed by atoms with E-state index in [9.17, 15) is 12.8 Å². The number of benzene rings is 6. The number of sulfone groups is 1. The van der Waals surface area contributed by atoms with Crippen LogP contribution in [0.25, 0.3) is 22.3 Å². The predicted octanol–water partition coefficient (Wildman–Crippen LogP) is 10.3. The van der Waals surface area contributed by atoms with Gasteiger partial charge in [0.2, 0.25) is 9.84 Å². The van der Waals surface area contributed by atoms with Gasteiger partial charge in [0.25, 0.3) is 6.01 Å². The molecular formula is C39H29FO6S. The van der Waals surface area contributed by atoms with Gasteiger partial charge in [0.15, 0.2) is 0 Å². The van der Waals surface area contributed by atoms with Crippen molar-refractivity contribution >= 4 is 9.84 Å². The fourth-order valence-corrected chi connectivity index (χ4v) is 6.10. The van der Waals surface area contributed by atoms with Gasteiger partial charge in [0, 0.05) is 0 Å². The third kappa shape index (κ3) is 7.52. The summed E-state index contributed by atoms with van der Waals surface area (Å²) in [6, 6.07) is 41.5. The Morgan fingerprint density at radius 3 is 1.04 bits per heavy atom. The van der Waals surface area contributed by atoms with Crippen molar-refractivity contribution in [3.63, 3.8) is 0 Å². The van der Waals surface area contributed by atoms with Gasteiger partial charge < -0.3 is 18.9 Å². The minimum atomic E-state index is -3.76. The van der Waals surface area contributed by atoms with Crippen molar-refractivity contribution in [1.82, 2.24) is 0 Å². The maximum atomic E-state index is 13.3. The molecule has 0 heterocycles. The van der Waals surface area contributed by atoms with Crippen molar-refractivity contribution in [1.29, 1.82) is 0 Å². The molecule has 0 aliphatic heterocycles. The Morgan fingerprint density at radius 2 is 0.745 bits per heavy atom. The van der Waals surface area contributed by atoms with Crippen molar-refractivity contribution in [3.8, 4) is 56.8 Å². The molecule has 0 atom stereocenters. The van der Waals surface area contributed by atoms with Crippen LogP contribution in [0.5, 0.6) is 34.5 Å². The van der Waals surface area contributed by atoms with E-state index < -0.39 is 15.9 Å². The number of halogens is 1. The molecule has 0 aliphatic rings. The summed E-state index contributed by atoms with van der Waals surface area (Å²) in [6.07, 6.45) is 0. The van der Waals surface area contributed by atoms with E-state index in [1.807, 2.05) is 84.9 Å². The Kier molecular flexibility index (Phi) is 9.04. The monoisotopic (exact) mass is 644 g/mol. The lowest BCUT2D eigenvalue weighted by Crippen LogP contribution is -2.01. The predicted molar refractivity (Wildman–Crippen MR) is 180 cm³/mol. The first-order valence-corrected chi connectivity index (χ1v) is 16.0. The average Bonchev–Trinajstić information content (AvgIpc) is 3.10. The molecular weight excluding hydrogens is 615 g/mol. The Bertz CT molecular complexity index is 2070. The molecule has 47 heavy (non-hydrogen) atoms. The summed E-state index contributed by atoms with van der Waals surface area (Å²) < 4.78 is 61.4. The van der Waals surface area contributed by atoms with Crippen LogP contribution in [0, 0.1) is 0 Å². The van der Waals surface area contributed by atoms with E-state index in [4.69, 9.17) is 18.9 Å². The summed E-state index contributed by atoms with van der Waals surface area (Å²) in [5.74, 6) is 3.39. The Balaban J connectivity index is 1.06. The van der Waals surface area contributed by atoms with Crippen molar-refractivity contribution in [2.24, 2.45) is 0 Å². The molecule has 0 radical (unpaired) electrons. The van der Waals surface area contributed by atoms with Crippen LogP contribution < -0.4 is 18.9 Å². The molecule has 234 valence electrons. The molecule has 0 unspecified atom stereocenters. The normalized spacial score (nSPS) is 11.0. The van der Waals surface area contributed by atoms with E-state index in [0.29, 0.717) is 28.7 Å². The van der Waals surface area contributed by atoms with Gasteiger partial charge in [-0.3, -0.25) is 0 Å². The first-order valence-electron chi connectivity index (χ1n) is 14.5. The maximum absolute atomic E-state index is 13.3. The van der Waals surface area contributed by atoms with Gasteiger partial charge in [-0.15, -0.1) is 0 Å². The number of ether oxygens (including phenoxy) is 4. The molecule has 0 amide bonds. The summed E-state index contributed by atoms with van der Waals surface area (Å²) in [6.45, 7) is 3.09. The van der Waals surface area contributed by atoms with E-state index >= 15 is 0 Å². The number of rotatable bonds is 11. The van der Waals surface area contributed by atoms with E-state index in [2.05, 4.69) is 6.58 Å². The Hall–Kier alpha value is -5.86. The minimum absolute atomic E-state index is 0.145. The lowest BCUT2D eigenvalue weighted by Gasteiger charge is -2.10. The van der Waals surface area contributed by atoms with Gasteiger partial charge in [-0.05, 0) is 126 Å². The highest BCUT2D eigenvalue weighted by Crippen LogP contribution is 2.31. The van der Waals surface area contributed by atoms with Crippen LogP contribution in [0.2, 0.25) is 0 Å². The van der Waals surface area contributed by atoms with Crippen molar-refractivity contribution in [2.45, 2.75) is 9.79 Å². The summed E-state index contributed by atoms with van der Waals surface area (Å²) in [5, 5.41) is 0. The largest absolute Gasteiger partial charge is 0.497 e. The molecule has 6 nitrogen and oxygen atoms in total. The number of hydrogen-bond donors (Lipinski definition) is 0. The maximum Gasteiger partial charge on any atom is 0.270 e. The topological polar surface area (TPSA) is 71.1 Å². The fraction of sp³-hybridized carbons (Fsp3) is 0.0256. The third-order valence-electron chi connectivity index (χ3n) is 7.29. The second kappa shape index (κ2) is 13.6. The quantitative estimate of drug-likeness (QED) is 0.131. The van der Waals surface area contributed by atoms with E-state index in [-0.39, 0.29) is 9.79 Å². The van der Waals surface area contributed by atoms with E-state index in [1.165, 1.54) is 24.3 Å². The zero-order valence-corrected chi connectivity index (χ0v) is 26.1. The Labute approximate surface area is 272 Å². The zero-order chi connectivity index (χ0) is 32.8. The minimum Gasteiger partial charge on any atom is -0.497 e. The number of hydrogen-bond acceptors (Lipinski definition) is 6. The smallest absolute Gasteiger partial charge is 0.270 e. The molecule has 6 aromatic carbocycles. The zero-order valence-electron chi connectivity index (χ0n) is 25.3. The number of methoxy groups -OCH3 is 1. The second-order valence-corrected chi connectivity index (χ2v) is 12.4. The van der Waals surface area contributed by atoms with Crippen LogP contribution in [-0.4, -0.2) is 15.5 Å². The fourth-order valence-electron chi connectivity index (χ4n) is 4.84. The van der Waals surface area contributed by atoms with Gasteiger partial charge in [-0.1, -0.05) is 48.5 Å². The summed E-state index contributed by atoms with van der Waals surface area (Å²) in [7, 11) is -2.13. The second-order valence-electron chi connectivity index (χ2n) is 10.4. The molecule has 8 heteroatoms. The molecule has 0 fully saturated rings. The van der Waals surface area contributed by atoms with Crippen molar-refractivity contribution < 1.29 is 31.8 Å². The highest BCUT2D eigenvalue weighted by molar-refractivity contribution is 7.91. The van der Waals surface area contributed by atoms with Crippen LogP contribution in [-0.2, 0) is 9.84 Å². The highest BCUT2D eigenvalue weighted by atomic mass is 32.2. The first kappa shape index (κ1) is 31.1. The standard InChI is InChI=1S/C39H29FO6S/c1-27(40)44-33-13-5-29(6-14-33)31-9-17-35(18-10-31)46-37-21-25-39(26-22-37)47(41,42)38-23-19-36(20-24-38)45-34-15-7-30(8-16-34)28-3-11-32(43-2)12-4-28/h3-26H,1H2,2H3. The van der Waals surface area contributed by atoms with Crippen LogP contribution in [0.3, 0.4) is 0 Å². The first-order chi connectivity index (χ1) is 22.8. The van der Waals surface area contributed by atoms with Crippen molar-refractivity contribution in [3.05, 3.63) is 158 Å². The van der Waals surface area contributed by atoms with Gasteiger partial charge >= 0.3 is 0 Å². The molecule has 0 spiro atoms. The van der Waals surface area contributed by atoms with E-state index in [0.717, 1.165) is 28.0 Å². The van der Waals surface area contributed by atoms with Gasteiger partial charge in [-0.25, -0.2) is 8.42 Å². The summed E-state index contributed by atoms with van der Waals surface area (Å²) >= 11 is 0. The van der Waals surface area contributed by atoms with Crippen molar-refractivity contribution in [2.75, 3.05) is 7.11 Å². The molecule has 6 aromatic rings. The molecule has 0 saturated heterocycles. The Morgan fingerprint density at radius 1 is 0.468 bits per heavy atom. The van der Waals surface area contributed by atoms with Crippen LogP contribution in [0.15, 0.2) is 168 Å². The van der Waals surface area contributed by atoms with Crippen LogP contribution in [0.4, 0.5) is 4.39 Å². The molecule has 0 bridgehead atoms. The highest BCUT2D eigenvalue weighted by Gasteiger charge is 2.18. The average molecular weight is 645 g/mol. The lowest BCUT2D eigenvalue weighted by atomic mass is 10.1. The molecule has 6 rings (SSSR count). The summed E-state index contributed by atoms with van der Waals surface area (Å²) in [4.78, 5) is 0.296. The summed E-state index contributed by atoms with van der Waals surface area (Å²) in [5.41, 5.74) is 3.94. The van der Waals surface area contributed by atoms with Crippen LogP contribution >= 0.6 is 0 Å². The molecule has 0 N–H and O–H groups in total. The van der Waals surface area contributed by atoms with Gasteiger partial charge in [0.05, 0.1) is 16.9 Å². The van der Waals surface area contributed by atoms with E-state index in [1.54, 1.807) is 43.5 Å². The molecule has 0 aliphatic carbocycles. The van der Waals surface area contributed by atoms with Gasteiger partial charge in [-0.2, -0.15) is 4.39 Å². The molecule has 0 saturated carbocycles. The SMILES string of the molecule is C=C(F)Oc1ccc(-c2ccc(Oc3ccc(S(=O)(=O)c4ccc(Oc5ccc(-c6ccc(OC)cc6)cc5)cc4)cc3)cc2)cc1. The molecule has 0 aromatic heterocycles.